The zero-order valence-corrected chi connectivity index (χ0v) is 8.79. The molecule has 0 aliphatic carbocycles. The number of carbonyl (C=O) groups is 1. The Morgan fingerprint density at radius 3 is 3.07 bits per heavy atom. The molecule has 2 unspecified atom stereocenters. The molecule has 1 amide bonds. The first-order valence-corrected chi connectivity index (χ1v) is 5.28. The van der Waals surface area contributed by atoms with Gasteiger partial charge in [0.25, 0.3) is 0 Å². The molecule has 0 aromatic carbocycles. The van der Waals surface area contributed by atoms with Gasteiger partial charge in [0.2, 0.25) is 5.91 Å². The highest BCUT2D eigenvalue weighted by molar-refractivity contribution is 5.76. The smallest absolute Gasteiger partial charge is 0.221 e. The van der Waals surface area contributed by atoms with E-state index in [-0.39, 0.29) is 11.8 Å². The van der Waals surface area contributed by atoms with Crippen LogP contribution in [0, 0.1) is 11.8 Å². The number of rotatable bonds is 6. The van der Waals surface area contributed by atoms with Crippen molar-refractivity contribution in [2.75, 3.05) is 26.3 Å². The molecule has 2 atom stereocenters. The Bertz CT molecular complexity index is 179. The topological polar surface area (TPSA) is 64.3 Å². The number of nitrogens with one attached hydrogen (secondary N) is 1. The highest BCUT2D eigenvalue weighted by Gasteiger charge is 2.15. The maximum atomic E-state index is 10.7. The first kappa shape index (κ1) is 11.5. The van der Waals surface area contributed by atoms with Gasteiger partial charge < -0.3 is 15.8 Å². The number of ether oxygens (including phenoxy) is 1. The summed E-state index contributed by atoms with van der Waals surface area (Å²) in [5.41, 5.74) is 5.14. The van der Waals surface area contributed by atoms with E-state index in [2.05, 4.69) is 5.32 Å². The molecule has 0 aromatic heterocycles. The normalized spacial score (nSPS) is 23.6. The molecular formula is C10H20N2O2. The van der Waals surface area contributed by atoms with Crippen LogP contribution in [0.4, 0.5) is 0 Å². The molecule has 1 aliphatic heterocycles. The summed E-state index contributed by atoms with van der Waals surface area (Å²) < 4.78 is 5.27. The van der Waals surface area contributed by atoms with Crippen LogP contribution >= 0.6 is 0 Å². The minimum absolute atomic E-state index is 0.0742. The van der Waals surface area contributed by atoms with E-state index >= 15 is 0 Å². The molecular weight excluding hydrogens is 180 g/mol. The van der Waals surface area contributed by atoms with Gasteiger partial charge in [-0.15, -0.1) is 0 Å². The number of nitrogens with two attached hydrogens (primary N) is 1. The molecule has 0 radical (unpaired) electrons. The van der Waals surface area contributed by atoms with Gasteiger partial charge in [0.05, 0.1) is 0 Å². The van der Waals surface area contributed by atoms with E-state index in [1.165, 1.54) is 6.42 Å². The van der Waals surface area contributed by atoms with Gasteiger partial charge in [0.1, 0.15) is 0 Å². The Morgan fingerprint density at radius 2 is 2.50 bits per heavy atom. The van der Waals surface area contributed by atoms with Gasteiger partial charge in [0, 0.05) is 25.7 Å². The van der Waals surface area contributed by atoms with E-state index in [9.17, 15) is 4.79 Å². The lowest BCUT2D eigenvalue weighted by molar-refractivity contribution is -0.121. The second-order valence-electron chi connectivity index (χ2n) is 4.03. The first-order chi connectivity index (χ1) is 6.70. The summed E-state index contributed by atoms with van der Waals surface area (Å²) in [6.45, 7) is 5.28. The molecule has 14 heavy (non-hydrogen) atoms. The van der Waals surface area contributed by atoms with E-state index < -0.39 is 0 Å². The molecule has 1 saturated heterocycles. The third-order valence-electron chi connectivity index (χ3n) is 2.69. The van der Waals surface area contributed by atoms with Gasteiger partial charge >= 0.3 is 0 Å². The lowest BCUT2D eigenvalue weighted by atomic mass is 10.1. The van der Waals surface area contributed by atoms with Crippen LogP contribution in [0.1, 0.15) is 19.8 Å². The van der Waals surface area contributed by atoms with Crippen molar-refractivity contribution in [2.24, 2.45) is 17.6 Å². The monoisotopic (exact) mass is 200 g/mol. The lowest BCUT2D eigenvalue weighted by Gasteiger charge is -2.11. The van der Waals surface area contributed by atoms with Crippen molar-refractivity contribution in [3.8, 4) is 0 Å². The first-order valence-electron chi connectivity index (χ1n) is 5.28. The molecule has 1 aliphatic rings. The number of hydrogen-bond acceptors (Lipinski definition) is 3. The maximum absolute atomic E-state index is 10.7. The van der Waals surface area contributed by atoms with Gasteiger partial charge in [-0.2, -0.15) is 0 Å². The molecule has 4 heteroatoms. The summed E-state index contributed by atoms with van der Waals surface area (Å²) in [6.07, 6.45) is 2.30. The van der Waals surface area contributed by atoms with Crippen LogP contribution in [0.25, 0.3) is 0 Å². The second kappa shape index (κ2) is 5.98. The largest absolute Gasteiger partial charge is 0.381 e. The van der Waals surface area contributed by atoms with Gasteiger partial charge in [-0.3, -0.25) is 4.79 Å². The van der Waals surface area contributed by atoms with Crippen LogP contribution in [0.3, 0.4) is 0 Å². The Labute approximate surface area is 85.2 Å². The van der Waals surface area contributed by atoms with Crippen LogP contribution in [0.15, 0.2) is 0 Å². The number of hydrogen-bond donors (Lipinski definition) is 2. The van der Waals surface area contributed by atoms with E-state index in [1.807, 2.05) is 6.92 Å². The standard InChI is InChI=1S/C10H20N2O2/c1-8(10(11)13)6-12-4-2-9-3-5-14-7-9/h8-9,12H,2-7H2,1H3,(H2,11,13). The Morgan fingerprint density at radius 1 is 1.71 bits per heavy atom. The fourth-order valence-corrected chi connectivity index (χ4v) is 1.54. The Balaban J connectivity index is 1.95. The second-order valence-corrected chi connectivity index (χ2v) is 4.03. The van der Waals surface area contributed by atoms with Gasteiger partial charge in [-0.25, -0.2) is 0 Å². The Kier molecular flexibility index (Phi) is 4.90. The summed E-state index contributed by atoms with van der Waals surface area (Å²) in [4.78, 5) is 10.7. The number of carbonyl (C=O) groups excluding carboxylic acids is 1. The average Bonchev–Trinajstić information content (AvgIpc) is 2.64. The molecule has 1 rings (SSSR count). The minimum Gasteiger partial charge on any atom is -0.381 e. The molecule has 3 N–H and O–H groups in total. The summed E-state index contributed by atoms with van der Waals surface area (Å²) >= 11 is 0. The van der Waals surface area contributed by atoms with Crippen molar-refractivity contribution < 1.29 is 9.53 Å². The van der Waals surface area contributed by atoms with Crippen molar-refractivity contribution >= 4 is 5.91 Å². The zero-order valence-electron chi connectivity index (χ0n) is 8.79. The van der Waals surface area contributed by atoms with E-state index in [0.717, 1.165) is 26.2 Å². The fourth-order valence-electron chi connectivity index (χ4n) is 1.54. The zero-order chi connectivity index (χ0) is 10.4. The molecule has 1 fully saturated rings. The van der Waals surface area contributed by atoms with Crippen LogP contribution in [0.5, 0.6) is 0 Å². The van der Waals surface area contributed by atoms with Crippen LogP contribution in [-0.4, -0.2) is 32.2 Å². The van der Waals surface area contributed by atoms with Gasteiger partial charge in [-0.1, -0.05) is 6.92 Å². The van der Waals surface area contributed by atoms with E-state index in [0.29, 0.717) is 12.5 Å². The summed E-state index contributed by atoms with van der Waals surface area (Å²) in [5.74, 6) is 0.392. The number of primary amides is 1. The predicted octanol–water partition coefficient (Wildman–Crippen LogP) is 0.124. The SMILES string of the molecule is CC(CNCCC1CCOC1)C(N)=O. The van der Waals surface area contributed by atoms with Crippen molar-refractivity contribution in [3.05, 3.63) is 0 Å². The molecule has 0 bridgehead atoms. The molecule has 1 heterocycles. The van der Waals surface area contributed by atoms with Crippen molar-refractivity contribution in [1.82, 2.24) is 5.32 Å². The summed E-state index contributed by atoms with van der Waals surface area (Å²) in [7, 11) is 0. The van der Waals surface area contributed by atoms with Gasteiger partial charge in [-0.05, 0) is 25.3 Å². The number of amides is 1. The quantitative estimate of drug-likeness (QED) is 0.599. The van der Waals surface area contributed by atoms with Crippen LogP contribution in [0.2, 0.25) is 0 Å². The van der Waals surface area contributed by atoms with Gasteiger partial charge in [0.15, 0.2) is 0 Å². The van der Waals surface area contributed by atoms with Crippen LogP contribution in [-0.2, 0) is 9.53 Å². The van der Waals surface area contributed by atoms with Crippen molar-refractivity contribution in [2.45, 2.75) is 19.8 Å². The highest BCUT2D eigenvalue weighted by Crippen LogP contribution is 2.15. The van der Waals surface area contributed by atoms with E-state index in [1.54, 1.807) is 0 Å². The minimum atomic E-state index is -0.235. The molecule has 82 valence electrons. The lowest BCUT2D eigenvalue weighted by Crippen LogP contribution is -2.32. The third kappa shape index (κ3) is 4.07. The van der Waals surface area contributed by atoms with E-state index in [4.69, 9.17) is 10.5 Å². The predicted molar refractivity (Wildman–Crippen MR) is 54.8 cm³/mol. The van der Waals surface area contributed by atoms with Crippen LogP contribution < -0.4 is 11.1 Å². The third-order valence-corrected chi connectivity index (χ3v) is 2.69. The maximum Gasteiger partial charge on any atom is 0.221 e. The molecule has 0 spiro atoms. The molecule has 0 saturated carbocycles. The molecule has 0 aromatic rings. The average molecular weight is 200 g/mol. The fraction of sp³-hybridized carbons (Fsp3) is 0.900. The molecule has 4 nitrogen and oxygen atoms in total. The highest BCUT2D eigenvalue weighted by atomic mass is 16.5. The summed E-state index contributed by atoms with van der Waals surface area (Å²) in [5, 5.41) is 3.24. The van der Waals surface area contributed by atoms with Crippen molar-refractivity contribution in [3.63, 3.8) is 0 Å². The van der Waals surface area contributed by atoms with Crippen molar-refractivity contribution in [1.29, 1.82) is 0 Å². The Hall–Kier alpha value is -0.610. The summed E-state index contributed by atoms with van der Waals surface area (Å²) in [6, 6.07) is 0.